The summed E-state index contributed by atoms with van der Waals surface area (Å²) in [4.78, 5) is 10.7. The van der Waals surface area contributed by atoms with Crippen LogP contribution in [0.2, 0.25) is 0 Å². The van der Waals surface area contributed by atoms with Gasteiger partial charge < -0.3 is 21.3 Å². The second-order valence-corrected chi connectivity index (χ2v) is 8.85. The molecule has 3 heterocycles. The highest BCUT2D eigenvalue weighted by molar-refractivity contribution is 5.69. The molecule has 0 saturated carbocycles. The van der Waals surface area contributed by atoms with Crippen LogP contribution in [0.5, 0.6) is 0 Å². The Bertz CT molecular complexity index is 1120. The highest BCUT2D eigenvalue weighted by atomic mass is 19.1. The van der Waals surface area contributed by atoms with E-state index in [2.05, 4.69) is 32.4 Å². The Morgan fingerprint density at radius 3 is 2.53 bits per heavy atom. The van der Waals surface area contributed by atoms with Crippen molar-refractivity contribution in [1.29, 1.82) is 0 Å². The SMILES string of the molecule is CNCc1cc(F)c(-c2nc(CNc3cnccc3N3CC(C)CC(N)C3)ccc2F)c(F)c1. The molecule has 180 valence electrons. The molecule has 1 aliphatic heterocycles. The zero-order valence-electron chi connectivity index (χ0n) is 19.3. The normalized spacial score (nSPS) is 18.2. The lowest BCUT2D eigenvalue weighted by molar-refractivity contribution is 0.402. The van der Waals surface area contributed by atoms with Crippen molar-refractivity contribution in [3.05, 3.63) is 71.4 Å². The number of hydrogen-bond acceptors (Lipinski definition) is 6. The summed E-state index contributed by atoms with van der Waals surface area (Å²) in [6, 6.07) is 7.06. The molecule has 0 bridgehead atoms. The molecular weight excluding hydrogens is 441 g/mol. The van der Waals surface area contributed by atoms with Crippen molar-refractivity contribution in [3.63, 3.8) is 0 Å². The minimum atomic E-state index is -0.855. The smallest absolute Gasteiger partial charge is 0.149 e. The van der Waals surface area contributed by atoms with Crippen LogP contribution in [0.1, 0.15) is 24.6 Å². The second-order valence-electron chi connectivity index (χ2n) is 8.85. The number of halogens is 3. The van der Waals surface area contributed by atoms with Gasteiger partial charge in [0, 0.05) is 31.9 Å². The minimum Gasteiger partial charge on any atom is -0.376 e. The van der Waals surface area contributed by atoms with E-state index in [1.54, 1.807) is 19.4 Å². The number of aromatic nitrogens is 2. The third-order valence-corrected chi connectivity index (χ3v) is 5.91. The van der Waals surface area contributed by atoms with Gasteiger partial charge in [-0.05, 0) is 55.3 Å². The fourth-order valence-electron chi connectivity index (χ4n) is 4.50. The zero-order valence-corrected chi connectivity index (χ0v) is 19.3. The summed E-state index contributed by atoms with van der Waals surface area (Å²) in [6.45, 7) is 4.32. The van der Waals surface area contributed by atoms with Gasteiger partial charge >= 0.3 is 0 Å². The molecule has 6 nitrogen and oxygen atoms in total. The molecule has 4 N–H and O–H groups in total. The number of anilines is 2. The van der Waals surface area contributed by atoms with Gasteiger partial charge in [-0.25, -0.2) is 18.2 Å². The van der Waals surface area contributed by atoms with Crippen LogP contribution in [0.15, 0.2) is 42.7 Å². The summed E-state index contributed by atoms with van der Waals surface area (Å²) < 4.78 is 43.9. The summed E-state index contributed by atoms with van der Waals surface area (Å²) >= 11 is 0. The largest absolute Gasteiger partial charge is 0.376 e. The first-order valence-corrected chi connectivity index (χ1v) is 11.3. The molecule has 0 radical (unpaired) electrons. The van der Waals surface area contributed by atoms with E-state index in [4.69, 9.17) is 5.73 Å². The van der Waals surface area contributed by atoms with E-state index in [9.17, 15) is 13.2 Å². The fourth-order valence-corrected chi connectivity index (χ4v) is 4.50. The van der Waals surface area contributed by atoms with E-state index < -0.39 is 23.0 Å². The van der Waals surface area contributed by atoms with E-state index in [1.807, 2.05) is 6.07 Å². The van der Waals surface area contributed by atoms with Crippen molar-refractivity contribution in [1.82, 2.24) is 15.3 Å². The Labute approximate surface area is 197 Å². The van der Waals surface area contributed by atoms with Gasteiger partial charge in [0.15, 0.2) is 0 Å². The Balaban J connectivity index is 1.57. The van der Waals surface area contributed by atoms with Gasteiger partial charge in [-0.2, -0.15) is 0 Å². The number of pyridine rings is 2. The number of rotatable bonds is 7. The molecule has 1 fully saturated rings. The lowest BCUT2D eigenvalue weighted by Crippen LogP contribution is -2.46. The van der Waals surface area contributed by atoms with Crippen LogP contribution in [0.4, 0.5) is 24.5 Å². The first-order valence-electron chi connectivity index (χ1n) is 11.3. The molecule has 1 aliphatic rings. The maximum atomic E-state index is 14.7. The third kappa shape index (κ3) is 5.31. The molecular formula is C25H29F3N6. The summed E-state index contributed by atoms with van der Waals surface area (Å²) in [5.41, 5.74) is 8.00. The maximum absolute atomic E-state index is 14.7. The molecule has 0 aliphatic carbocycles. The average molecular weight is 471 g/mol. The molecule has 0 spiro atoms. The standard InChI is InChI=1S/C25H29F3N6/c1-15-7-17(29)14-34(13-15)23-5-6-31-12-22(23)32-11-18-3-4-19(26)25(33-18)24-20(27)8-16(10-30-2)9-21(24)28/h3-6,8-9,12,15,17,30,32H,7,10-11,13-14,29H2,1-2H3. The number of benzene rings is 1. The fraction of sp³-hybridized carbons (Fsp3) is 0.360. The van der Waals surface area contributed by atoms with Crippen LogP contribution in [0, 0.1) is 23.4 Å². The topological polar surface area (TPSA) is 79.1 Å². The second kappa shape index (κ2) is 10.4. The van der Waals surface area contributed by atoms with E-state index in [0.717, 1.165) is 30.9 Å². The van der Waals surface area contributed by atoms with E-state index in [-0.39, 0.29) is 18.3 Å². The summed E-state index contributed by atoms with van der Waals surface area (Å²) in [6.07, 6.45) is 4.42. The molecule has 34 heavy (non-hydrogen) atoms. The molecule has 4 rings (SSSR count). The van der Waals surface area contributed by atoms with Crippen molar-refractivity contribution in [2.75, 3.05) is 30.4 Å². The Hall–Kier alpha value is -3.17. The molecule has 2 unspecified atom stereocenters. The van der Waals surface area contributed by atoms with Crippen molar-refractivity contribution in [2.24, 2.45) is 11.7 Å². The number of piperidine rings is 1. The number of nitrogens with zero attached hydrogens (tertiary/aromatic N) is 3. The number of nitrogens with two attached hydrogens (primary N) is 1. The average Bonchev–Trinajstić information content (AvgIpc) is 2.78. The van der Waals surface area contributed by atoms with Crippen LogP contribution in [0.3, 0.4) is 0 Å². The monoisotopic (exact) mass is 470 g/mol. The Kier molecular flexibility index (Phi) is 7.33. The number of hydrogen-bond donors (Lipinski definition) is 3. The van der Waals surface area contributed by atoms with Crippen molar-refractivity contribution in [3.8, 4) is 11.3 Å². The van der Waals surface area contributed by atoms with Gasteiger partial charge in [0.2, 0.25) is 0 Å². The van der Waals surface area contributed by atoms with Crippen molar-refractivity contribution < 1.29 is 13.2 Å². The molecule has 0 amide bonds. The van der Waals surface area contributed by atoms with Crippen LogP contribution in [-0.4, -0.2) is 36.1 Å². The number of nitrogens with one attached hydrogen (secondary N) is 2. The lowest BCUT2D eigenvalue weighted by Gasteiger charge is -2.37. The van der Waals surface area contributed by atoms with Gasteiger partial charge in [0.1, 0.15) is 23.1 Å². The first-order chi connectivity index (χ1) is 16.4. The summed E-state index contributed by atoms with van der Waals surface area (Å²) in [5, 5.41) is 6.12. The van der Waals surface area contributed by atoms with E-state index in [0.29, 0.717) is 23.7 Å². The molecule has 2 aromatic heterocycles. The van der Waals surface area contributed by atoms with Gasteiger partial charge in [0.05, 0.1) is 35.4 Å². The van der Waals surface area contributed by atoms with Crippen molar-refractivity contribution >= 4 is 11.4 Å². The molecule has 9 heteroatoms. The third-order valence-electron chi connectivity index (χ3n) is 5.91. The molecule has 1 saturated heterocycles. The maximum Gasteiger partial charge on any atom is 0.149 e. The van der Waals surface area contributed by atoms with Crippen LogP contribution < -0.4 is 21.3 Å². The lowest BCUT2D eigenvalue weighted by atomic mass is 9.96. The van der Waals surface area contributed by atoms with Crippen LogP contribution in [-0.2, 0) is 13.1 Å². The molecule has 1 aromatic carbocycles. The predicted molar refractivity (Wildman–Crippen MR) is 128 cm³/mol. The van der Waals surface area contributed by atoms with E-state index >= 15 is 0 Å². The van der Waals surface area contributed by atoms with E-state index in [1.165, 1.54) is 24.3 Å². The van der Waals surface area contributed by atoms with Crippen LogP contribution in [0.25, 0.3) is 11.3 Å². The Morgan fingerprint density at radius 2 is 1.82 bits per heavy atom. The summed E-state index contributed by atoms with van der Waals surface area (Å²) in [7, 11) is 1.68. The molecule has 3 aromatic rings. The van der Waals surface area contributed by atoms with Gasteiger partial charge in [-0.15, -0.1) is 0 Å². The van der Waals surface area contributed by atoms with Crippen molar-refractivity contribution in [2.45, 2.75) is 32.5 Å². The highest BCUT2D eigenvalue weighted by Gasteiger charge is 2.24. The zero-order chi connectivity index (χ0) is 24.2. The minimum absolute atomic E-state index is 0.0929. The van der Waals surface area contributed by atoms with Gasteiger partial charge in [-0.1, -0.05) is 6.92 Å². The quantitative estimate of drug-likeness (QED) is 0.483. The first kappa shape index (κ1) is 24.0. The van der Waals surface area contributed by atoms with Gasteiger partial charge in [-0.3, -0.25) is 4.98 Å². The van der Waals surface area contributed by atoms with Crippen LogP contribution >= 0.6 is 0 Å². The van der Waals surface area contributed by atoms with Gasteiger partial charge in [0.25, 0.3) is 0 Å². The Morgan fingerprint density at radius 1 is 1.06 bits per heavy atom. The molecule has 2 atom stereocenters. The summed E-state index contributed by atoms with van der Waals surface area (Å²) in [5.74, 6) is -2.03. The highest BCUT2D eigenvalue weighted by Crippen LogP contribution is 2.31. The predicted octanol–water partition coefficient (Wildman–Crippen LogP) is 4.07.